The molecule has 0 aromatic heterocycles. The molecule has 86 valence electrons. The summed E-state index contributed by atoms with van der Waals surface area (Å²) in [6, 6.07) is 3.76. The van der Waals surface area contributed by atoms with Crippen molar-refractivity contribution in [1.29, 1.82) is 0 Å². The first-order valence-electron chi connectivity index (χ1n) is 5.06. The molecule has 0 saturated carbocycles. The van der Waals surface area contributed by atoms with Gasteiger partial charge in [0.15, 0.2) is 5.78 Å². The number of aliphatic hydroxyl groups excluding tert-OH is 1. The monoisotopic (exact) mass is 220 g/mol. The van der Waals surface area contributed by atoms with E-state index in [1.165, 1.54) is 13.0 Å². The van der Waals surface area contributed by atoms with Crippen LogP contribution in [0.2, 0.25) is 0 Å². The minimum atomic E-state index is -0.109. The third-order valence-corrected chi connectivity index (χ3v) is 2.35. The first-order chi connectivity index (χ1) is 7.60. The molecule has 1 rings (SSSR count). The normalized spacial score (nSPS) is 10.8. The van der Waals surface area contributed by atoms with Gasteiger partial charge in [0.2, 0.25) is 0 Å². The van der Waals surface area contributed by atoms with Gasteiger partial charge in [0.05, 0.1) is 13.7 Å². The van der Waals surface area contributed by atoms with Crippen LogP contribution in [0.15, 0.2) is 18.2 Å². The van der Waals surface area contributed by atoms with Crippen molar-refractivity contribution < 1.29 is 14.6 Å². The van der Waals surface area contributed by atoms with Gasteiger partial charge in [-0.15, -0.1) is 0 Å². The number of carbonyl (C=O) groups is 1. The highest BCUT2D eigenvalue weighted by Crippen LogP contribution is 2.27. The van der Waals surface area contributed by atoms with Crippen molar-refractivity contribution in [1.82, 2.24) is 0 Å². The number of allylic oxidation sites excluding steroid dienone is 1. The van der Waals surface area contributed by atoms with Crippen LogP contribution in [0.25, 0.3) is 6.08 Å². The molecule has 0 bridgehead atoms. The van der Waals surface area contributed by atoms with Gasteiger partial charge in [-0.05, 0) is 31.1 Å². The number of ether oxygens (including phenoxy) is 1. The Balaban J connectivity index is 3.24. The van der Waals surface area contributed by atoms with Crippen molar-refractivity contribution in [3.8, 4) is 5.75 Å². The number of hydrogen-bond donors (Lipinski definition) is 1. The standard InChI is InChI=1S/C13H16O3/c1-9-4-6-11(7-5-10(2)15)12(8-14)13(9)16-3/h4-7,14H,8H2,1-3H3/b7-5+. The van der Waals surface area contributed by atoms with E-state index in [-0.39, 0.29) is 12.4 Å². The molecule has 0 amide bonds. The lowest BCUT2D eigenvalue weighted by Crippen LogP contribution is -1.98. The van der Waals surface area contributed by atoms with Crippen molar-refractivity contribution in [2.24, 2.45) is 0 Å². The van der Waals surface area contributed by atoms with Gasteiger partial charge in [-0.3, -0.25) is 4.79 Å². The molecule has 0 fully saturated rings. The zero-order chi connectivity index (χ0) is 12.1. The predicted octanol–water partition coefficient (Wildman–Crippen LogP) is 2.10. The third kappa shape index (κ3) is 2.70. The lowest BCUT2D eigenvalue weighted by Gasteiger charge is -2.12. The highest BCUT2D eigenvalue weighted by Gasteiger charge is 2.09. The zero-order valence-electron chi connectivity index (χ0n) is 9.78. The molecule has 1 aromatic rings. The van der Waals surface area contributed by atoms with E-state index >= 15 is 0 Å². The molecule has 0 aliphatic heterocycles. The van der Waals surface area contributed by atoms with E-state index in [9.17, 15) is 9.90 Å². The summed E-state index contributed by atoms with van der Waals surface area (Å²) in [5, 5.41) is 9.32. The second-order valence-electron chi connectivity index (χ2n) is 3.59. The second-order valence-corrected chi connectivity index (χ2v) is 3.59. The summed E-state index contributed by atoms with van der Waals surface area (Å²) < 4.78 is 5.24. The molecule has 0 aliphatic carbocycles. The molecule has 0 spiro atoms. The highest BCUT2D eigenvalue weighted by atomic mass is 16.5. The molecule has 0 heterocycles. The van der Waals surface area contributed by atoms with Crippen LogP contribution in [0, 0.1) is 6.92 Å². The Hall–Kier alpha value is -1.61. The molecular formula is C13H16O3. The van der Waals surface area contributed by atoms with Crippen LogP contribution in [-0.2, 0) is 11.4 Å². The van der Waals surface area contributed by atoms with Crippen LogP contribution in [0.5, 0.6) is 5.75 Å². The van der Waals surface area contributed by atoms with Gasteiger partial charge in [-0.1, -0.05) is 18.2 Å². The first kappa shape index (κ1) is 12.5. The van der Waals surface area contributed by atoms with Crippen molar-refractivity contribution in [3.05, 3.63) is 34.9 Å². The fourth-order valence-corrected chi connectivity index (χ4v) is 1.57. The average Bonchev–Trinajstić information content (AvgIpc) is 2.26. The molecule has 16 heavy (non-hydrogen) atoms. The Labute approximate surface area is 95.4 Å². The number of methoxy groups -OCH3 is 1. The molecule has 3 nitrogen and oxygen atoms in total. The fraction of sp³-hybridized carbons (Fsp3) is 0.308. The summed E-state index contributed by atoms with van der Waals surface area (Å²) in [4.78, 5) is 10.9. The largest absolute Gasteiger partial charge is 0.496 e. The van der Waals surface area contributed by atoms with Gasteiger partial charge in [0.1, 0.15) is 5.75 Å². The van der Waals surface area contributed by atoms with Crippen LogP contribution in [0.3, 0.4) is 0 Å². The molecule has 0 atom stereocenters. The maximum Gasteiger partial charge on any atom is 0.152 e. The maximum atomic E-state index is 10.9. The lowest BCUT2D eigenvalue weighted by atomic mass is 10.0. The topological polar surface area (TPSA) is 46.5 Å². The average molecular weight is 220 g/mol. The minimum Gasteiger partial charge on any atom is -0.496 e. The Morgan fingerprint density at radius 2 is 2.19 bits per heavy atom. The molecule has 3 heteroatoms. The zero-order valence-corrected chi connectivity index (χ0v) is 9.78. The number of benzene rings is 1. The van der Waals surface area contributed by atoms with Crippen LogP contribution in [-0.4, -0.2) is 18.0 Å². The van der Waals surface area contributed by atoms with Gasteiger partial charge in [0, 0.05) is 5.56 Å². The Morgan fingerprint density at radius 1 is 1.50 bits per heavy atom. The predicted molar refractivity (Wildman–Crippen MR) is 63.4 cm³/mol. The van der Waals surface area contributed by atoms with Crippen LogP contribution in [0.4, 0.5) is 0 Å². The summed E-state index contributed by atoms with van der Waals surface area (Å²) in [5.74, 6) is 0.650. The molecule has 0 radical (unpaired) electrons. The minimum absolute atomic E-state index is 0.0246. The molecule has 0 unspecified atom stereocenters. The highest BCUT2D eigenvalue weighted by molar-refractivity contribution is 5.91. The van der Waals surface area contributed by atoms with Crippen LogP contribution < -0.4 is 4.74 Å². The molecular weight excluding hydrogens is 204 g/mol. The Morgan fingerprint density at radius 3 is 2.69 bits per heavy atom. The quantitative estimate of drug-likeness (QED) is 0.790. The van der Waals surface area contributed by atoms with Gasteiger partial charge < -0.3 is 9.84 Å². The van der Waals surface area contributed by atoms with Crippen molar-refractivity contribution in [2.75, 3.05) is 7.11 Å². The maximum absolute atomic E-state index is 10.9. The fourth-order valence-electron chi connectivity index (χ4n) is 1.57. The van der Waals surface area contributed by atoms with Gasteiger partial charge in [-0.25, -0.2) is 0 Å². The van der Waals surface area contributed by atoms with E-state index < -0.39 is 0 Å². The van der Waals surface area contributed by atoms with Crippen LogP contribution >= 0.6 is 0 Å². The lowest BCUT2D eigenvalue weighted by molar-refractivity contribution is -0.112. The van der Waals surface area contributed by atoms with E-state index in [4.69, 9.17) is 4.74 Å². The van der Waals surface area contributed by atoms with E-state index in [0.717, 1.165) is 11.1 Å². The van der Waals surface area contributed by atoms with E-state index in [1.54, 1.807) is 13.2 Å². The Bertz CT molecular complexity index is 419. The number of aryl methyl sites for hydroxylation is 1. The van der Waals surface area contributed by atoms with Crippen molar-refractivity contribution >= 4 is 11.9 Å². The summed E-state index contributed by atoms with van der Waals surface area (Å²) >= 11 is 0. The molecule has 0 aliphatic rings. The van der Waals surface area contributed by atoms with Gasteiger partial charge in [0.25, 0.3) is 0 Å². The van der Waals surface area contributed by atoms with E-state index in [1.807, 2.05) is 19.1 Å². The summed E-state index contributed by atoms with van der Waals surface area (Å²) in [6.45, 7) is 3.29. The molecule has 1 aromatic carbocycles. The smallest absolute Gasteiger partial charge is 0.152 e. The number of carbonyl (C=O) groups excluding carboxylic acids is 1. The number of aliphatic hydroxyl groups is 1. The van der Waals surface area contributed by atoms with Gasteiger partial charge >= 0.3 is 0 Å². The van der Waals surface area contributed by atoms with Crippen LogP contribution in [0.1, 0.15) is 23.6 Å². The van der Waals surface area contributed by atoms with Crippen molar-refractivity contribution in [2.45, 2.75) is 20.5 Å². The summed E-state index contributed by atoms with van der Waals surface area (Å²) in [5.41, 5.74) is 2.48. The first-order valence-corrected chi connectivity index (χ1v) is 5.06. The second kappa shape index (κ2) is 5.47. The SMILES string of the molecule is COc1c(C)ccc(/C=C/C(C)=O)c1CO. The summed E-state index contributed by atoms with van der Waals surface area (Å²) in [6.07, 6.45) is 3.17. The number of rotatable bonds is 4. The van der Waals surface area contributed by atoms with E-state index in [0.29, 0.717) is 11.3 Å². The van der Waals surface area contributed by atoms with E-state index in [2.05, 4.69) is 0 Å². The number of hydrogen-bond acceptors (Lipinski definition) is 3. The van der Waals surface area contributed by atoms with Gasteiger partial charge in [-0.2, -0.15) is 0 Å². The number of ketones is 1. The summed E-state index contributed by atoms with van der Waals surface area (Å²) in [7, 11) is 1.57. The third-order valence-electron chi connectivity index (χ3n) is 2.35. The molecule has 0 saturated heterocycles. The van der Waals surface area contributed by atoms with Crippen molar-refractivity contribution in [3.63, 3.8) is 0 Å². The molecule has 1 N–H and O–H groups in total. The Kier molecular flexibility index (Phi) is 4.26.